The van der Waals surface area contributed by atoms with E-state index in [1.165, 1.54) is 24.2 Å². The van der Waals surface area contributed by atoms with Crippen molar-refractivity contribution in [2.24, 2.45) is 0 Å². The Hall–Kier alpha value is -1.27. The Bertz CT molecular complexity index is 744. The van der Waals surface area contributed by atoms with Gasteiger partial charge in [-0.2, -0.15) is 0 Å². The lowest BCUT2D eigenvalue weighted by Crippen LogP contribution is -2.36. The molecule has 3 rings (SSSR count). The molecule has 1 amide bonds. The Morgan fingerprint density at radius 1 is 1.32 bits per heavy atom. The number of hydrogen-bond acceptors (Lipinski definition) is 4. The first-order valence-electron chi connectivity index (χ1n) is 8.19. The van der Waals surface area contributed by atoms with Crippen LogP contribution in [-0.2, 0) is 0 Å². The molecule has 1 aromatic carbocycles. The number of thiophene rings is 1. The van der Waals surface area contributed by atoms with Crippen LogP contribution in [0, 0.1) is 0 Å². The third kappa shape index (κ3) is 4.47. The number of halogens is 2. The second-order valence-corrected chi connectivity index (χ2v) is 8.27. The van der Waals surface area contributed by atoms with Crippen LogP contribution in [0.5, 0.6) is 5.75 Å². The predicted octanol–water partition coefficient (Wildman–Crippen LogP) is 4.63. The highest BCUT2D eigenvalue weighted by Crippen LogP contribution is 2.31. The molecule has 0 radical (unpaired) electrons. The first-order chi connectivity index (χ1) is 12.1. The molecule has 1 saturated heterocycles. The van der Waals surface area contributed by atoms with Gasteiger partial charge in [0.05, 0.1) is 23.1 Å². The average Bonchev–Trinajstić information content (AvgIpc) is 3.25. The lowest BCUT2D eigenvalue weighted by Gasteiger charge is -2.28. The highest BCUT2D eigenvalue weighted by molar-refractivity contribution is 7.20. The summed E-state index contributed by atoms with van der Waals surface area (Å²) in [5.74, 6) is 0.626. The molecule has 1 atom stereocenters. The van der Waals surface area contributed by atoms with Crippen LogP contribution in [0.25, 0.3) is 0 Å². The first-order valence-corrected chi connectivity index (χ1v) is 9.76. The zero-order valence-electron chi connectivity index (χ0n) is 13.9. The number of nitrogens with one attached hydrogen (secondary N) is 1. The molecule has 1 aromatic heterocycles. The van der Waals surface area contributed by atoms with Crippen LogP contribution in [0.1, 0.15) is 34.8 Å². The first kappa shape index (κ1) is 18.5. The van der Waals surface area contributed by atoms with E-state index < -0.39 is 0 Å². The summed E-state index contributed by atoms with van der Waals surface area (Å²) < 4.78 is 6.28. The molecule has 7 heteroatoms. The van der Waals surface area contributed by atoms with E-state index in [0.29, 0.717) is 20.8 Å². The minimum absolute atomic E-state index is 0.106. The highest BCUT2D eigenvalue weighted by atomic mass is 35.5. The van der Waals surface area contributed by atoms with Gasteiger partial charge in [0, 0.05) is 6.54 Å². The number of amides is 1. The number of likely N-dealkylation sites (tertiary alicyclic amines) is 1. The molecule has 0 spiro atoms. The monoisotopic (exact) mass is 398 g/mol. The predicted molar refractivity (Wildman–Crippen MR) is 103 cm³/mol. The van der Waals surface area contributed by atoms with Gasteiger partial charge in [-0.15, -0.1) is 11.3 Å². The fourth-order valence-electron chi connectivity index (χ4n) is 3.14. The van der Waals surface area contributed by atoms with E-state index in [0.717, 1.165) is 24.4 Å². The third-order valence-corrected chi connectivity index (χ3v) is 5.90. The number of hydrogen-bond donors (Lipinski definition) is 1. The van der Waals surface area contributed by atoms with Gasteiger partial charge in [0.1, 0.15) is 10.1 Å². The largest absolute Gasteiger partial charge is 0.497 e. The summed E-state index contributed by atoms with van der Waals surface area (Å²) in [5, 5.41) is 3.01. The van der Waals surface area contributed by atoms with Crippen molar-refractivity contribution >= 4 is 40.4 Å². The molecular formula is C18H20Cl2N2O2S. The molecule has 1 unspecified atom stereocenters. The van der Waals surface area contributed by atoms with Gasteiger partial charge in [-0.1, -0.05) is 35.3 Å². The molecule has 1 N–H and O–H groups in total. The molecule has 1 fully saturated rings. The number of rotatable bonds is 6. The van der Waals surface area contributed by atoms with Crippen molar-refractivity contribution in [3.8, 4) is 5.75 Å². The van der Waals surface area contributed by atoms with Crippen LogP contribution in [0.3, 0.4) is 0 Å². The van der Waals surface area contributed by atoms with E-state index in [4.69, 9.17) is 27.9 Å². The van der Waals surface area contributed by atoms with E-state index in [1.54, 1.807) is 13.2 Å². The van der Waals surface area contributed by atoms with Gasteiger partial charge in [0.2, 0.25) is 0 Å². The molecule has 0 saturated carbocycles. The summed E-state index contributed by atoms with van der Waals surface area (Å²) in [6.45, 7) is 2.57. The van der Waals surface area contributed by atoms with Crippen LogP contribution in [0.15, 0.2) is 30.3 Å². The van der Waals surface area contributed by atoms with Crippen molar-refractivity contribution in [2.75, 3.05) is 26.7 Å². The topological polar surface area (TPSA) is 41.6 Å². The standard InChI is InChI=1S/C18H20Cl2N2O2S/c1-24-13-6-4-5-12(9-13)15(22-7-2-3-8-22)11-21-18(23)14-10-16(19)25-17(14)20/h4-6,9-10,15H,2-3,7-8,11H2,1H3,(H,21,23). The van der Waals surface area contributed by atoms with E-state index in [-0.39, 0.29) is 11.9 Å². The molecular weight excluding hydrogens is 379 g/mol. The number of carbonyl (C=O) groups excluding carboxylic acids is 1. The minimum atomic E-state index is -0.194. The molecule has 0 bridgehead atoms. The van der Waals surface area contributed by atoms with Crippen molar-refractivity contribution in [1.82, 2.24) is 10.2 Å². The number of ether oxygens (including phenoxy) is 1. The maximum atomic E-state index is 12.5. The van der Waals surface area contributed by atoms with Gasteiger partial charge < -0.3 is 10.1 Å². The summed E-state index contributed by atoms with van der Waals surface area (Å²) in [4.78, 5) is 14.9. The van der Waals surface area contributed by atoms with Crippen molar-refractivity contribution < 1.29 is 9.53 Å². The van der Waals surface area contributed by atoms with Crippen molar-refractivity contribution in [3.05, 3.63) is 50.1 Å². The van der Waals surface area contributed by atoms with Gasteiger partial charge in [-0.05, 0) is 49.7 Å². The van der Waals surface area contributed by atoms with Gasteiger partial charge in [0.15, 0.2) is 0 Å². The Morgan fingerprint density at radius 2 is 2.08 bits per heavy atom. The van der Waals surface area contributed by atoms with Gasteiger partial charge in [-0.25, -0.2) is 0 Å². The molecule has 4 nitrogen and oxygen atoms in total. The molecule has 1 aliphatic rings. The highest BCUT2D eigenvalue weighted by Gasteiger charge is 2.25. The van der Waals surface area contributed by atoms with E-state index in [9.17, 15) is 4.79 Å². The summed E-state index contributed by atoms with van der Waals surface area (Å²) in [6.07, 6.45) is 2.36. The Labute approximate surface area is 161 Å². The minimum Gasteiger partial charge on any atom is -0.497 e. The Morgan fingerprint density at radius 3 is 2.72 bits per heavy atom. The van der Waals surface area contributed by atoms with Crippen molar-refractivity contribution in [2.45, 2.75) is 18.9 Å². The maximum absolute atomic E-state index is 12.5. The molecule has 1 aliphatic heterocycles. The van der Waals surface area contributed by atoms with Crippen LogP contribution < -0.4 is 10.1 Å². The molecule has 0 aliphatic carbocycles. The van der Waals surface area contributed by atoms with Gasteiger partial charge in [-0.3, -0.25) is 9.69 Å². The summed E-state index contributed by atoms with van der Waals surface area (Å²) in [5.41, 5.74) is 1.57. The molecule has 134 valence electrons. The number of methoxy groups -OCH3 is 1. The van der Waals surface area contributed by atoms with E-state index in [2.05, 4.69) is 16.3 Å². The van der Waals surface area contributed by atoms with Gasteiger partial charge >= 0.3 is 0 Å². The summed E-state index contributed by atoms with van der Waals surface area (Å²) >= 11 is 13.2. The smallest absolute Gasteiger partial charge is 0.253 e. The fourth-order valence-corrected chi connectivity index (χ4v) is 4.60. The average molecular weight is 399 g/mol. The number of carbonyl (C=O) groups is 1. The summed E-state index contributed by atoms with van der Waals surface area (Å²) in [6, 6.07) is 9.73. The van der Waals surface area contributed by atoms with Gasteiger partial charge in [0.25, 0.3) is 5.91 Å². The van der Waals surface area contributed by atoms with Crippen LogP contribution in [0.4, 0.5) is 0 Å². The number of benzene rings is 1. The van der Waals surface area contributed by atoms with E-state index in [1.807, 2.05) is 18.2 Å². The van der Waals surface area contributed by atoms with Crippen LogP contribution in [0.2, 0.25) is 8.67 Å². The fraction of sp³-hybridized carbons (Fsp3) is 0.389. The Balaban J connectivity index is 1.75. The normalized spacial score (nSPS) is 16.0. The maximum Gasteiger partial charge on any atom is 0.253 e. The van der Waals surface area contributed by atoms with Crippen LogP contribution in [-0.4, -0.2) is 37.6 Å². The SMILES string of the molecule is COc1cccc(C(CNC(=O)c2cc(Cl)sc2Cl)N2CCCC2)c1. The zero-order valence-corrected chi connectivity index (χ0v) is 16.3. The molecule has 25 heavy (non-hydrogen) atoms. The third-order valence-electron chi connectivity index (χ3n) is 4.42. The lowest BCUT2D eigenvalue weighted by molar-refractivity contribution is 0.0938. The van der Waals surface area contributed by atoms with Crippen LogP contribution >= 0.6 is 34.5 Å². The van der Waals surface area contributed by atoms with Crippen molar-refractivity contribution in [3.63, 3.8) is 0 Å². The summed E-state index contributed by atoms with van der Waals surface area (Å²) in [7, 11) is 1.66. The molecule has 2 aromatic rings. The van der Waals surface area contributed by atoms with E-state index >= 15 is 0 Å². The quantitative estimate of drug-likeness (QED) is 0.770. The lowest BCUT2D eigenvalue weighted by atomic mass is 10.0. The molecule has 2 heterocycles. The zero-order chi connectivity index (χ0) is 17.8. The second-order valence-electron chi connectivity index (χ2n) is 5.98. The Kier molecular flexibility index (Phi) is 6.23. The second kappa shape index (κ2) is 8.41. The van der Waals surface area contributed by atoms with Crippen molar-refractivity contribution in [1.29, 1.82) is 0 Å². The number of nitrogens with zero attached hydrogens (tertiary/aromatic N) is 1.